The van der Waals surface area contributed by atoms with E-state index in [0.29, 0.717) is 0 Å². The summed E-state index contributed by atoms with van der Waals surface area (Å²) in [6.45, 7) is 0. The van der Waals surface area contributed by atoms with Gasteiger partial charge >= 0.3 is 92.5 Å². The Labute approximate surface area is 91.9 Å². The Bertz CT molecular complexity index is 109. The average Bonchev–Trinajstić information content (AvgIpc) is 2.05. The second-order valence-corrected chi connectivity index (χ2v) is 19.4. The fraction of sp³-hybridized carbons (Fsp3) is 0.778. The van der Waals surface area contributed by atoms with Crippen LogP contribution in [0.5, 0.6) is 0 Å². The van der Waals surface area contributed by atoms with E-state index < -0.39 is 0 Å². The van der Waals surface area contributed by atoms with Gasteiger partial charge in [0.2, 0.25) is 0 Å². The Morgan fingerprint density at radius 1 is 0.917 bits per heavy atom. The first-order valence-corrected chi connectivity index (χ1v) is 15.5. The molecule has 1 aliphatic rings. The third-order valence-electron chi connectivity index (χ3n) is 1.84. The van der Waals surface area contributed by atoms with Crippen molar-refractivity contribution in [1.29, 1.82) is 0 Å². The summed E-state index contributed by atoms with van der Waals surface area (Å²) in [4.78, 5) is 2.48. The molecule has 0 saturated carbocycles. The summed E-state index contributed by atoms with van der Waals surface area (Å²) >= 11 is 2.98. The van der Waals surface area contributed by atoms with Gasteiger partial charge < -0.3 is 0 Å². The van der Waals surface area contributed by atoms with Gasteiger partial charge in [0, 0.05) is 0 Å². The van der Waals surface area contributed by atoms with Crippen molar-refractivity contribution >= 4 is 37.6 Å². The van der Waals surface area contributed by atoms with Crippen LogP contribution in [0.15, 0.2) is 11.1 Å². The van der Waals surface area contributed by atoms with Crippen LogP contribution in [-0.4, -0.2) is 37.6 Å². The molecule has 1 heterocycles. The van der Waals surface area contributed by atoms with Gasteiger partial charge in [-0.3, -0.25) is 0 Å². The molecule has 0 saturated heterocycles. The molecule has 0 bridgehead atoms. The predicted octanol–water partition coefficient (Wildman–Crippen LogP) is 2.22. The van der Waals surface area contributed by atoms with Gasteiger partial charge in [-0.25, -0.2) is 0 Å². The van der Waals surface area contributed by atoms with Gasteiger partial charge in [0.05, 0.1) is 0 Å². The molecule has 12 heavy (non-hydrogen) atoms. The Kier molecular flexibility index (Phi) is 8.41. The zero-order chi connectivity index (χ0) is 8.49. The van der Waals surface area contributed by atoms with E-state index in [1.807, 2.05) is 0 Å². The van der Waals surface area contributed by atoms with Crippen LogP contribution in [0, 0.1) is 0 Å². The molecule has 0 fully saturated rings. The van der Waals surface area contributed by atoms with E-state index in [1.165, 1.54) is 38.5 Å². The Morgan fingerprint density at radius 2 is 1.75 bits per heavy atom. The van der Waals surface area contributed by atoms with E-state index in [1.54, 1.807) is 5.32 Å². The molecular formula is C9H16Se3. The summed E-state index contributed by atoms with van der Waals surface area (Å²) in [5.41, 5.74) is 0. The van der Waals surface area contributed by atoms with Crippen LogP contribution in [0.3, 0.4) is 0 Å². The van der Waals surface area contributed by atoms with Crippen molar-refractivity contribution in [2.75, 3.05) is 0 Å². The van der Waals surface area contributed by atoms with Crippen molar-refractivity contribution in [3.05, 3.63) is 11.1 Å². The average molecular weight is 361 g/mol. The van der Waals surface area contributed by atoms with Gasteiger partial charge in [0.1, 0.15) is 0 Å². The summed E-state index contributed by atoms with van der Waals surface area (Å²) in [6.07, 6.45) is 11.2. The summed E-state index contributed by atoms with van der Waals surface area (Å²) in [5, 5.41) is 1.57. The molecule has 0 N–H and O–H groups in total. The molecule has 0 aromatic heterocycles. The molecule has 0 radical (unpaired) electrons. The van der Waals surface area contributed by atoms with Gasteiger partial charge in [0.15, 0.2) is 0 Å². The molecule has 0 aromatic rings. The number of allylic oxidation sites excluding steroid dienone is 1. The van der Waals surface area contributed by atoms with Crippen molar-refractivity contribution in [2.24, 2.45) is 0 Å². The number of hydrogen-bond donors (Lipinski definition) is 0. The van der Waals surface area contributed by atoms with Crippen molar-refractivity contribution < 1.29 is 0 Å². The van der Waals surface area contributed by atoms with Crippen LogP contribution in [0.25, 0.3) is 0 Å². The third kappa shape index (κ3) is 6.78. The molecule has 0 nitrogen and oxygen atoms in total. The van der Waals surface area contributed by atoms with Crippen LogP contribution in [0.4, 0.5) is 0 Å². The summed E-state index contributed by atoms with van der Waals surface area (Å²) in [7, 11) is 0. The molecule has 3 heteroatoms. The minimum absolute atomic E-state index is 0.909. The Balaban J connectivity index is 2.10. The van der Waals surface area contributed by atoms with Crippen LogP contribution in [-0.2, 0) is 0 Å². The summed E-state index contributed by atoms with van der Waals surface area (Å²) in [5.74, 6) is 0. The van der Waals surface area contributed by atoms with Crippen LogP contribution in [0.2, 0.25) is 5.32 Å². The topological polar surface area (TPSA) is 0 Å². The first-order valence-electron chi connectivity index (χ1n) is 4.60. The van der Waals surface area contributed by atoms with Gasteiger partial charge in [-0.1, -0.05) is 0 Å². The molecule has 0 spiro atoms. The van der Waals surface area contributed by atoms with E-state index in [4.69, 9.17) is 0 Å². The minimum atomic E-state index is 0.909. The zero-order valence-electron chi connectivity index (χ0n) is 7.33. The fourth-order valence-corrected chi connectivity index (χ4v) is 16.2. The van der Waals surface area contributed by atoms with Crippen LogP contribution in [0.1, 0.15) is 38.5 Å². The van der Waals surface area contributed by atoms with E-state index in [9.17, 15) is 0 Å². The van der Waals surface area contributed by atoms with Gasteiger partial charge in [-0.05, 0) is 0 Å². The molecule has 0 aromatic carbocycles. The van der Waals surface area contributed by atoms with Crippen molar-refractivity contribution in [2.45, 2.75) is 43.8 Å². The first-order chi connectivity index (χ1) is 6.00. The normalized spacial score (nSPS) is 22.7. The van der Waals surface area contributed by atoms with Gasteiger partial charge in [-0.15, -0.1) is 0 Å². The standard InChI is InChI=1S/C9H16Se3/c1-2-4-6-8-10-12-11-9-7-5-3-1/h6,8H,1-5,7,9H2. The van der Waals surface area contributed by atoms with E-state index >= 15 is 0 Å². The van der Waals surface area contributed by atoms with Crippen molar-refractivity contribution in [3.8, 4) is 0 Å². The van der Waals surface area contributed by atoms with Crippen molar-refractivity contribution in [3.63, 3.8) is 0 Å². The fourth-order valence-electron chi connectivity index (χ4n) is 1.15. The number of hydrogen-bond acceptors (Lipinski definition) is 0. The van der Waals surface area contributed by atoms with E-state index in [0.717, 1.165) is 37.6 Å². The van der Waals surface area contributed by atoms with Gasteiger partial charge in [0.25, 0.3) is 0 Å². The third-order valence-corrected chi connectivity index (χ3v) is 18.6. The molecule has 0 unspecified atom stereocenters. The Hall–Kier alpha value is 1.30. The van der Waals surface area contributed by atoms with Crippen LogP contribution >= 0.6 is 0 Å². The molecule has 1 aliphatic heterocycles. The molecular weight excluding hydrogens is 345 g/mol. The molecule has 0 amide bonds. The molecule has 0 atom stereocenters. The summed E-state index contributed by atoms with van der Waals surface area (Å²) in [6, 6.07) is 0. The molecule has 70 valence electrons. The SMILES string of the molecule is C1=C[Se][Se][Se]CCCCCCC1. The van der Waals surface area contributed by atoms with Crippen molar-refractivity contribution in [1.82, 2.24) is 0 Å². The van der Waals surface area contributed by atoms with Crippen LogP contribution < -0.4 is 0 Å². The molecule has 1 rings (SSSR count). The Morgan fingerprint density at radius 3 is 2.75 bits per heavy atom. The molecule has 0 aliphatic carbocycles. The number of rotatable bonds is 0. The summed E-state index contributed by atoms with van der Waals surface area (Å²) < 4.78 is 0. The maximum absolute atomic E-state index is 2.48. The zero-order valence-corrected chi connectivity index (χ0v) is 12.5. The van der Waals surface area contributed by atoms with E-state index in [-0.39, 0.29) is 0 Å². The maximum atomic E-state index is 2.48. The van der Waals surface area contributed by atoms with Gasteiger partial charge in [-0.2, -0.15) is 0 Å². The second-order valence-electron chi connectivity index (χ2n) is 2.91. The second kappa shape index (κ2) is 8.88. The van der Waals surface area contributed by atoms with E-state index in [2.05, 4.69) is 11.1 Å². The quantitative estimate of drug-likeness (QED) is 0.581. The predicted molar refractivity (Wildman–Crippen MR) is 58.9 cm³/mol. The first kappa shape index (κ1) is 11.4. The monoisotopic (exact) mass is 364 g/mol.